The van der Waals surface area contributed by atoms with Crippen molar-refractivity contribution in [3.05, 3.63) is 35.6 Å². The van der Waals surface area contributed by atoms with Gasteiger partial charge in [0.15, 0.2) is 5.78 Å². The summed E-state index contributed by atoms with van der Waals surface area (Å²) in [6.07, 6.45) is 0.385. The molecule has 98 valence electrons. The third-order valence-corrected chi connectivity index (χ3v) is 4.35. The summed E-state index contributed by atoms with van der Waals surface area (Å²) >= 11 is 0. The quantitative estimate of drug-likeness (QED) is 0.777. The molecule has 0 unspecified atom stereocenters. The standard InChI is InChI=1S/C13H16FNO2S/c14-12-3-1-2-11(10-12)13(16)4-5-15-6-8-18(17)9-7-15/h1-3,10H,4-9H2. The van der Waals surface area contributed by atoms with Crippen LogP contribution in [-0.4, -0.2) is 46.0 Å². The number of halogens is 1. The van der Waals surface area contributed by atoms with E-state index in [1.165, 1.54) is 12.1 Å². The van der Waals surface area contributed by atoms with Crippen molar-refractivity contribution >= 4 is 16.6 Å². The van der Waals surface area contributed by atoms with Crippen LogP contribution in [0, 0.1) is 5.82 Å². The van der Waals surface area contributed by atoms with Crippen molar-refractivity contribution in [3.8, 4) is 0 Å². The number of benzene rings is 1. The van der Waals surface area contributed by atoms with Crippen LogP contribution in [0.5, 0.6) is 0 Å². The number of carbonyl (C=O) groups excluding carboxylic acids is 1. The van der Waals surface area contributed by atoms with Crippen molar-refractivity contribution in [2.45, 2.75) is 6.42 Å². The number of hydrogen-bond donors (Lipinski definition) is 0. The largest absolute Gasteiger partial charge is 0.301 e. The van der Waals surface area contributed by atoms with E-state index < -0.39 is 10.8 Å². The Bertz CT molecular complexity index is 454. The second kappa shape index (κ2) is 6.20. The van der Waals surface area contributed by atoms with Gasteiger partial charge in [0.25, 0.3) is 0 Å². The summed E-state index contributed by atoms with van der Waals surface area (Å²) in [5.41, 5.74) is 0.426. The summed E-state index contributed by atoms with van der Waals surface area (Å²) < 4.78 is 24.2. The van der Waals surface area contributed by atoms with Gasteiger partial charge in [-0.25, -0.2) is 4.39 Å². The molecule has 1 heterocycles. The molecule has 0 atom stereocenters. The molecule has 0 amide bonds. The van der Waals surface area contributed by atoms with Gasteiger partial charge in [0, 0.05) is 53.9 Å². The van der Waals surface area contributed by atoms with Gasteiger partial charge in [0.05, 0.1) is 0 Å². The summed E-state index contributed by atoms with van der Waals surface area (Å²) in [6.45, 7) is 2.22. The van der Waals surface area contributed by atoms with Crippen molar-refractivity contribution in [1.29, 1.82) is 0 Å². The van der Waals surface area contributed by atoms with E-state index in [9.17, 15) is 13.4 Å². The average Bonchev–Trinajstić information content (AvgIpc) is 2.38. The molecule has 0 spiro atoms. The number of ketones is 1. The van der Waals surface area contributed by atoms with Crippen molar-refractivity contribution in [2.24, 2.45) is 0 Å². The SMILES string of the molecule is O=C(CCN1CCS(=O)CC1)c1cccc(F)c1. The first kappa shape index (κ1) is 13.4. The lowest BCUT2D eigenvalue weighted by atomic mass is 10.1. The smallest absolute Gasteiger partial charge is 0.164 e. The van der Waals surface area contributed by atoms with Crippen LogP contribution in [0.2, 0.25) is 0 Å². The maximum absolute atomic E-state index is 13.0. The number of hydrogen-bond acceptors (Lipinski definition) is 3. The molecule has 0 bridgehead atoms. The Balaban J connectivity index is 1.83. The third kappa shape index (κ3) is 3.71. The molecular weight excluding hydrogens is 253 g/mol. The van der Waals surface area contributed by atoms with Gasteiger partial charge in [0.2, 0.25) is 0 Å². The van der Waals surface area contributed by atoms with E-state index in [4.69, 9.17) is 0 Å². The zero-order valence-corrected chi connectivity index (χ0v) is 10.9. The minimum Gasteiger partial charge on any atom is -0.301 e. The molecule has 1 aromatic carbocycles. The summed E-state index contributed by atoms with van der Waals surface area (Å²) in [6, 6.07) is 5.79. The van der Waals surface area contributed by atoms with Gasteiger partial charge in [-0.2, -0.15) is 0 Å². The molecular formula is C13H16FNO2S. The van der Waals surface area contributed by atoms with Crippen molar-refractivity contribution in [1.82, 2.24) is 4.90 Å². The van der Waals surface area contributed by atoms with Gasteiger partial charge < -0.3 is 4.90 Å². The predicted molar refractivity (Wildman–Crippen MR) is 69.7 cm³/mol. The van der Waals surface area contributed by atoms with Crippen molar-refractivity contribution in [3.63, 3.8) is 0 Å². The Morgan fingerprint density at radius 3 is 2.72 bits per heavy atom. The van der Waals surface area contributed by atoms with Crippen LogP contribution in [0.15, 0.2) is 24.3 Å². The first-order valence-corrected chi connectivity index (χ1v) is 7.50. The highest BCUT2D eigenvalue weighted by Gasteiger charge is 2.16. The number of nitrogens with zero attached hydrogens (tertiary/aromatic N) is 1. The summed E-state index contributed by atoms with van der Waals surface area (Å²) in [4.78, 5) is 14.0. The number of Topliss-reactive ketones (excluding diaryl/α,β-unsaturated/α-hetero) is 1. The molecule has 0 aromatic heterocycles. The Labute approximate surface area is 108 Å². The van der Waals surface area contributed by atoms with Gasteiger partial charge in [-0.1, -0.05) is 12.1 Å². The lowest BCUT2D eigenvalue weighted by molar-refractivity contribution is 0.0966. The molecule has 0 radical (unpaired) electrons. The Morgan fingerprint density at radius 1 is 1.33 bits per heavy atom. The van der Waals surface area contributed by atoms with Crippen LogP contribution in [0.4, 0.5) is 4.39 Å². The van der Waals surface area contributed by atoms with E-state index in [1.54, 1.807) is 12.1 Å². The fourth-order valence-electron chi connectivity index (χ4n) is 1.97. The first-order chi connectivity index (χ1) is 8.65. The molecule has 3 nitrogen and oxygen atoms in total. The predicted octanol–water partition coefficient (Wildman–Crippen LogP) is 1.46. The highest BCUT2D eigenvalue weighted by atomic mass is 32.2. The van der Waals surface area contributed by atoms with E-state index in [1.807, 2.05) is 0 Å². The second-order valence-corrected chi connectivity index (χ2v) is 6.07. The molecule has 0 saturated carbocycles. The Kier molecular flexibility index (Phi) is 4.60. The minimum atomic E-state index is -0.690. The molecule has 1 aliphatic rings. The van der Waals surface area contributed by atoms with Crippen LogP contribution in [0.3, 0.4) is 0 Å². The van der Waals surface area contributed by atoms with E-state index in [0.717, 1.165) is 13.1 Å². The van der Waals surface area contributed by atoms with Crippen molar-refractivity contribution < 1.29 is 13.4 Å². The summed E-state index contributed by atoms with van der Waals surface area (Å²) in [7, 11) is -0.690. The van der Waals surface area contributed by atoms with Crippen LogP contribution in [0.25, 0.3) is 0 Å². The van der Waals surface area contributed by atoms with E-state index in [2.05, 4.69) is 4.90 Å². The monoisotopic (exact) mass is 269 g/mol. The lowest BCUT2D eigenvalue weighted by Crippen LogP contribution is -2.38. The van der Waals surface area contributed by atoms with Crippen molar-refractivity contribution in [2.75, 3.05) is 31.1 Å². The molecule has 1 fully saturated rings. The van der Waals surface area contributed by atoms with Gasteiger partial charge in [-0.05, 0) is 12.1 Å². The first-order valence-electron chi connectivity index (χ1n) is 6.01. The fourth-order valence-corrected chi connectivity index (χ4v) is 3.09. The van der Waals surface area contributed by atoms with Gasteiger partial charge >= 0.3 is 0 Å². The third-order valence-electron chi connectivity index (χ3n) is 3.07. The topological polar surface area (TPSA) is 37.4 Å². The highest BCUT2D eigenvalue weighted by molar-refractivity contribution is 7.85. The average molecular weight is 269 g/mol. The molecule has 18 heavy (non-hydrogen) atoms. The number of rotatable bonds is 4. The molecule has 0 aliphatic carbocycles. The van der Waals surface area contributed by atoms with Crippen LogP contribution < -0.4 is 0 Å². The van der Waals surface area contributed by atoms with E-state index in [0.29, 0.717) is 30.0 Å². The lowest BCUT2D eigenvalue weighted by Gasteiger charge is -2.25. The zero-order chi connectivity index (χ0) is 13.0. The van der Waals surface area contributed by atoms with Gasteiger partial charge in [-0.15, -0.1) is 0 Å². The summed E-state index contributed by atoms with van der Waals surface area (Å²) in [5, 5.41) is 0. The second-order valence-electron chi connectivity index (χ2n) is 4.37. The maximum atomic E-state index is 13.0. The normalized spacial score (nSPS) is 17.8. The van der Waals surface area contributed by atoms with Crippen LogP contribution in [0.1, 0.15) is 16.8 Å². The Morgan fingerprint density at radius 2 is 2.06 bits per heavy atom. The maximum Gasteiger partial charge on any atom is 0.164 e. The van der Waals surface area contributed by atoms with Crippen LogP contribution in [-0.2, 0) is 10.8 Å². The fraction of sp³-hybridized carbons (Fsp3) is 0.462. The molecule has 1 aliphatic heterocycles. The van der Waals surface area contributed by atoms with Crippen LogP contribution >= 0.6 is 0 Å². The molecule has 1 saturated heterocycles. The highest BCUT2D eigenvalue weighted by Crippen LogP contribution is 2.08. The zero-order valence-electron chi connectivity index (χ0n) is 10.1. The van der Waals surface area contributed by atoms with E-state index in [-0.39, 0.29) is 11.6 Å². The number of carbonyl (C=O) groups is 1. The van der Waals surface area contributed by atoms with E-state index >= 15 is 0 Å². The van der Waals surface area contributed by atoms with Gasteiger partial charge in [-0.3, -0.25) is 9.00 Å². The molecule has 5 heteroatoms. The summed E-state index contributed by atoms with van der Waals surface area (Å²) in [5.74, 6) is 0.956. The minimum absolute atomic E-state index is 0.0406. The molecule has 0 N–H and O–H groups in total. The molecule has 2 rings (SSSR count). The molecule has 1 aromatic rings. The Hall–Kier alpha value is -1.07. The van der Waals surface area contributed by atoms with Gasteiger partial charge in [0.1, 0.15) is 5.82 Å².